The highest BCUT2D eigenvalue weighted by atomic mass is 32.2. The molecule has 0 saturated carbocycles. The second-order valence-corrected chi connectivity index (χ2v) is 5.04. The first kappa shape index (κ1) is 15.7. The zero-order valence-corrected chi connectivity index (χ0v) is 12.1. The van der Waals surface area contributed by atoms with Gasteiger partial charge in [-0.05, 0) is 29.8 Å². The fraction of sp³-hybridized carbons (Fsp3) is 0. The molecule has 0 aliphatic rings. The molecule has 0 bridgehead atoms. The minimum Gasteiger partial charge on any atom is -0.755 e. The number of carbonyl (C=O) groups is 2. The quantitative estimate of drug-likeness (QED) is 0.700. The lowest BCUT2D eigenvalue weighted by Gasteiger charge is -2.13. The van der Waals surface area contributed by atoms with Crippen molar-refractivity contribution in [1.29, 1.82) is 0 Å². The summed E-state index contributed by atoms with van der Waals surface area (Å²) in [6, 6.07) is 10.6. The van der Waals surface area contributed by atoms with Gasteiger partial charge in [-0.25, -0.2) is 0 Å². The smallest absolute Gasteiger partial charge is 0.249 e. The summed E-state index contributed by atoms with van der Waals surface area (Å²) in [5.74, 6) is -1.39. The van der Waals surface area contributed by atoms with Crippen LogP contribution < -0.4 is 16.2 Å². The minimum absolute atomic E-state index is 0.157. The maximum absolute atomic E-state index is 11.6. The average molecular weight is 318 g/mol. The zero-order valence-electron chi connectivity index (χ0n) is 11.2. The highest BCUT2D eigenvalue weighted by Gasteiger charge is 2.17. The second-order valence-electron chi connectivity index (χ2n) is 4.37. The van der Waals surface area contributed by atoms with Gasteiger partial charge in [0.25, 0.3) is 0 Å². The van der Waals surface area contributed by atoms with Crippen LogP contribution in [0.25, 0.3) is 11.1 Å². The Morgan fingerprint density at radius 1 is 0.955 bits per heavy atom. The molecule has 1 unspecified atom stereocenters. The van der Waals surface area contributed by atoms with Crippen LogP contribution in [0.15, 0.2) is 42.5 Å². The Morgan fingerprint density at radius 3 is 1.86 bits per heavy atom. The number of anilines is 1. The number of hydrogen-bond donors (Lipinski definition) is 3. The average Bonchev–Trinajstić information content (AvgIpc) is 2.46. The van der Waals surface area contributed by atoms with E-state index in [4.69, 9.17) is 11.5 Å². The predicted octanol–water partition coefficient (Wildman–Crippen LogP) is 0.757. The summed E-state index contributed by atoms with van der Waals surface area (Å²) >= 11 is -2.44. The molecule has 0 aliphatic heterocycles. The lowest BCUT2D eigenvalue weighted by molar-refractivity contribution is 0.0999. The van der Waals surface area contributed by atoms with Crippen LogP contribution in [0.2, 0.25) is 0 Å². The minimum atomic E-state index is -2.44. The third-order valence-corrected chi connectivity index (χ3v) is 3.37. The van der Waals surface area contributed by atoms with Crippen LogP contribution in [-0.4, -0.2) is 20.6 Å². The van der Waals surface area contributed by atoms with Crippen LogP contribution >= 0.6 is 0 Å². The molecule has 0 radical (unpaired) electrons. The highest BCUT2D eigenvalue weighted by molar-refractivity contribution is 7.80. The number of nitrogens with two attached hydrogens (primary N) is 2. The third kappa shape index (κ3) is 3.30. The molecule has 1 atom stereocenters. The zero-order chi connectivity index (χ0) is 16.3. The van der Waals surface area contributed by atoms with E-state index in [0.29, 0.717) is 16.8 Å². The number of rotatable bonds is 5. The van der Waals surface area contributed by atoms with Crippen LogP contribution in [0.4, 0.5) is 5.69 Å². The van der Waals surface area contributed by atoms with E-state index in [2.05, 4.69) is 4.72 Å². The van der Waals surface area contributed by atoms with Gasteiger partial charge in [0.1, 0.15) is 0 Å². The standard InChI is InChI=1S/C14H13N3O4S/c15-13(18)10-2-1-3-11(14(16)19)12(10)8-4-6-9(7-5-8)17-22(20)21/h1-7,17H,(H2,15,18)(H2,16,19)(H,20,21)/p-1. The van der Waals surface area contributed by atoms with Crippen molar-refractivity contribution in [2.75, 3.05) is 4.72 Å². The Hall–Kier alpha value is -2.71. The molecule has 5 N–H and O–H groups in total. The van der Waals surface area contributed by atoms with E-state index in [1.165, 1.54) is 30.3 Å². The fourth-order valence-electron chi connectivity index (χ4n) is 2.08. The monoisotopic (exact) mass is 318 g/mol. The topological polar surface area (TPSA) is 138 Å². The first-order valence-electron chi connectivity index (χ1n) is 6.09. The largest absolute Gasteiger partial charge is 0.755 e. The van der Waals surface area contributed by atoms with Crippen LogP contribution in [0.5, 0.6) is 0 Å². The Labute approximate surface area is 128 Å². The molecule has 7 nitrogen and oxygen atoms in total. The lowest BCUT2D eigenvalue weighted by Crippen LogP contribution is -2.18. The van der Waals surface area contributed by atoms with Crippen LogP contribution in [0.1, 0.15) is 20.7 Å². The molecule has 2 rings (SSSR count). The molecular weight excluding hydrogens is 306 g/mol. The van der Waals surface area contributed by atoms with Gasteiger partial charge in [-0.1, -0.05) is 18.2 Å². The van der Waals surface area contributed by atoms with Gasteiger partial charge in [0.2, 0.25) is 11.8 Å². The fourth-order valence-corrected chi connectivity index (χ4v) is 2.40. The van der Waals surface area contributed by atoms with Crippen LogP contribution in [0.3, 0.4) is 0 Å². The summed E-state index contributed by atoms with van der Waals surface area (Å²) < 4.78 is 23.3. The summed E-state index contributed by atoms with van der Waals surface area (Å²) in [7, 11) is 0. The second kappa shape index (κ2) is 6.37. The van der Waals surface area contributed by atoms with E-state index >= 15 is 0 Å². The van der Waals surface area contributed by atoms with E-state index in [9.17, 15) is 18.4 Å². The summed E-state index contributed by atoms with van der Waals surface area (Å²) in [6.07, 6.45) is 0. The number of primary amides is 2. The highest BCUT2D eigenvalue weighted by Crippen LogP contribution is 2.28. The van der Waals surface area contributed by atoms with Crippen molar-refractivity contribution in [3.63, 3.8) is 0 Å². The third-order valence-electron chi connectivity index (χ3n) is 2.97. The Bertz CT molecular complexity index is 727. The molecule has 8 heteroatoms. The van der Waals surface area contributed by atoms with Crippen molar-refractivity contribution in [3.8, 4) is 11.1 Å². The molecular formula is C14H12N3O4S-. The maximum Gasteiger partial charge on any atom is 0.249 e. The molecule has 0 aliphatic carbocycles. The van der Waals surface area contributed by atoms with E-state index in [-0.39, 0.29) is 11.1 Å². The van der Waals surface area contributed by atoms with Crippen molar-refractivity contribution in [2.24, 2.45) is 11.5 Å². The van der Waals surface area contributed by atoms with Gasteiger partial charge in [-0.3, -0.25) is 13.8 Å². The van der Waals surface area contributed by atoms with E-state index in [1.807, 2.05) is 0 Å². The van der Waals surface area contributed by atoms with E-state index < -0.39 is 23.1 Å². The lowest BCUT2D eigenvalue weighted by atomic mass is 9.93. The van der Waals surface area contributed by atoms with Gasteiger partial charge in [0, 0.05) is 33.6 Å². The van der Waals surface area contributed by atoms with Crippen molar-refractivity contribution >= 4 is 28.8 Å². The first-order valence-corrected chi connectivity index (χ1v) is 7.16. The number of nitrogens with one attached hydrogen (secondary N) is 1. The summed E-state index contributed by atoms with van der Waals surface area (Å²) in [4.78, 5) is 23.1. The maximum atomic E-state index is 11.6. The van der Waals surface area contributed by atoms with E-state index in [1.54, 1.807) is 12.1 Å². The Kier molecular flexibility index (Phi) is 4.54. The van der Waals surface area contributed by atoms with E-state index in [0.717, 1.165) is 0 Å². The molecule has 0 saturated heterocycles. The van der Waals surface area contributed by atoms with Gasteiger partial charge < -0.3 is 20.7 Å². The number of benzene rings is 2. The molecule has 0 fully saturated rings. The van der Waals surface area contributed by atoms with Gasteiger partial charge in [0.05, 0.1) is 0 Å². The summed E-state index contributed by atoms with van der Waals surface area (Å²) in [5, 5.41) is 0. The molecule has 2 amide bonds. The van der Waals surface area contributed by atoms with Gasteiger partial charge in [-0.15, -0.1) is 0 Å². The molecule has 2 aromatic rings. The van der Waals surface area contributed by atoms with Crippen molar-refractivity contribution in [1.82, 2.24) is 0 Å². The number of carbonyl (C=O) groups excluding carboxylic acids is 2. The first-order chi connectivity index (χ1) is 10.4. The molecule has 0 spiro atoms. The van der Waals surface area contributed by atoms with Gasteiger partial charge in [0.15, 0.2) is 0 Å². The van der Waals surface area contributed by atoms with Crippen molar-refractivity contribution < 1.29 is 18.4 Å². The normalized spacial score (nSPS) is 11.7. The molecule has 0 heterocycles. The summed E-state index contributed by atoms with van der Waals surface area (Å²) in [6.45, 7) is 0. The van der Waals surface area contributed by atoms with Crippen molar-refractivity contribution in [2.45, 2.75) is 0 Å². The SMILES string of the molecule is NC(=O)c1cccc(C(N)=O)c1-c1ccc(NS(=O)[O-])cc1. The molecule has 0 aromatic heterocycles. The Balaban J connectivity index is 2.57. The number of amides is 2. The van der Waals surface area contributed by atoms with Crippen LogP contribution in [0, 0.1) is 0 Å². The van der Waals surface area contributed by atoms with Crippen LogP contribution in [-0.2, 0) is 11.3 Å². The predicted molar refractivity (Wildman–Crippen MR) is 81.5 cm³/mol. The molecule has 2 aromatic carbocycles. The van der Waals surface area contributed by atoms with Gasteiger partial charge >= 0.3 is 0 Å². The number of hydrogen-bond acceptors (Lipinski definition) is 4. The Morgan fingerprint density at radius 2 is 1.45 bits per heavy atom. The van der Waals surface area contributed by atoms with Gasteiger partial charge in [-0.2, -0.15) is 0 Å². The summed E-state index contributed by atoms with van der Waals surface area (Å²) in [5.41, 5.74) is 12.2. The molecule has 22 heavy (non-hydrogen) atoms. The van der Waals surface area contributed by atoms with Crippen molar-refractivity contribution in [3.05, 3.63) is 53.6 Å². The molecule has 114 valence electrons.